The third-order valence-corrected chi connectivity index (χ3v) is 0.898. The third kappa shape index (κ3) is 4.23. The number of carboxylic acids is 1. The fraction of sp³-hybridized carbons (Fsp3) is 0.400. The zero-order chi connectivity index (χ0) is 9.72. The monoisotopic (exact) mass is 176 g/mol. The van der Waals surface area contributed by atoms with E-state index in [0.717, 1.165) is 0 Å². The van der Waals surface area contributed by atoms with Crippen molar-refractivity contribution < 1.29 is 24.2 Å². The second kappa shape index (κ2) is 4.29. The van der Waals surface area contributed by atoms with E-state index in [4.69, 9.17) is 10.8 Å². The summed E-state index contributed by atoms with van der Waals surface area (Å²) in [6, 6.07) is -1.37. The zero-order valence-electron chi connectivity index (χ0n) is 6.02. The highest BCUT2D eigenvalue weighted by atomic mass is 16.6. The van der Waals surface area contributed by atoms with Crippen molar-refractivity contribution in [1.82, 2.24) is 0 Å². The van der Waals surface area contributed by atoms with Gasteiger partial charge in [-0.1, -0.05) is 0 Å². The largest absolute Gasteiger partial charge is 0.481 e. The lowest BCUT2D eigenvalue weighted by Gasteiger charge is -2.04. The van der Waals surface area contributed by atoms with Gasteiger partial charge in [-0.2, -0.15) is 0 Å². The Morgan fingerprint density at radius 3 is 2.25 bits per heavy atom. The molecule has 0 radical (unpaired) electrons. The number of nitrogens with two attached hydrogens (primary N) is 2. The van der Waals surface area contributed by atoms with Crippen LogP contribution in [0.15, 0.2) is 0 Å². The zero-order valence-corrected chi connectivity index (χ0v) is 6.02. The summed E-state index contributed by atoms with van der Waals surface area (Å²) in [5.74, 6) is -2.41. The summed E-state index contributed by atoms with van der Waals surface area (Å²) >= 11 is 0. The Labute approximate surface area is 67.3 Å². The summed E-state index contributed by atoms with van der Waals surface area (Å²) in [5, 5.41) is 8.16. The van der Waals surface area contributed by atoms with Crippen LogP contribution in [0.5, 0.6) is 0 Å². The van der Waals surface area contributed by atoms with Gasteiger partial charge in [0.2, 0.25) is 0 Å². The minimum Gasteiger partial charge on any atom is -0.481 e. The molecule has 7 heteroatoms. The number of amides is 1. The summed E-state index contributed by atoms with van der Waals surface area (Å²) < 4.78 is 3.82. The molecule has 68 valence electrons. The van der Waals surface area contributed by atoms with Crippen LogP contribution in [0, 0.1) is 0 Å². The van der Waals surface area contributed by atoms with Crippen LogP contribution in [-0.2, 0) is 14.3 Å². The Morgan fingerprint density at radius 2 is 1.92 bits per heavy atom. The first kappa shape index (κ1) is 10.4. The topological polar surface area (TPSA) is 133 Å². The quantitative estimate of drug-likeness (QED) is 0.350. The lowest BCUT2D eigenvalue weighted by Crippen LogP contribution is -2.36. The summed E-state index contributed by atoms with van der Waals surface area (Å²) in [4.78, 5) is 30.5. The highest BCUT2D eigenvalue weighted by Crippen LogP contribution is 1.91. The molecule has 0 aromatic carbocycles. The van der Waals surface area contributed by atoms with Gasteiger partial charge in [-0.15, -0.1) is 0 Å². The van der Waals surface area contributed by atoms with Gasteiger partial charge in [0, 0.05) is 0 Å². The van der Waals surface area contributed by atoms with Crippen molar-refractivity contribution in [3.8, 4) is 0 Å². The molecular formula is C5H8N2O5. The van der Waals surface area contributed by atoms with E-state index < -0.39 is 30.5 Å². The van der Waals surface area contributed by atoms with Crippen LogP contribution >= 0.6 is 0 Å². The molecule has 0 aliphatic rings. The maximum atomic E-state index is 10.6. The molecule has 0 aliphatic heterocycles. The van der Waals surface area contributed by atoms with Gasteiger partial charge in [0.05, 0.1) is 6.42 Å². The normalized spacial score (nSPS) is 11.8. The summed E-state index contributed by atoms with van der Waals surface area (Å²) in [6.45, 7) is 0. The van der Waals surface area contributed by atoms with Crippen LogP contribution in [0.3, 0.4) is 0 Å². The number of hydrogen-bond acceptors (Lipinski definition) is 5. The van der Waals surface area contributed by atoms with Gasteiger partial charge in [-0.05, 0) is 0 Å². The fourth-order valence-corrected chi connectivity index (χ4v) is 0.446. The maximum Gasteiger partial charge on any atom is 0.412 e. The highest BCUT2D eigenvalue weighted by molar-refractivity contribution is 5.89. The van der Waals surface area contributed by atoms with E-state index in [2.05, 4.69) is 10.5 Å². The second-order valence-electron chi connectivity index (χ2n) is 1.94. The Balaban J connectivity index is 3.93. The van der Waals surface area contributed by atoms with E-state index in [1.165, 1.54) is 0 Å². The standard InChI is InChI=1S/C5H8N2O5/c6-2(1-3(8)9)4(10)12-5(7)11/h2H,1,6H2,(H2,7,11)(H,8,9)/t2-/m0/s1. The Hall–Kier alpha value is -1.63. The molecule has 0 spiro atoms. The molecule has 7 nitrogen and oxygen atoms in total. The molecule has 0 saturated heterocycles. The average Bonchev–Trinajstić information content (AvgIpc) is 1.84. The Morgan fingerprint density at radius 1 is 1.42 bits per heavy atom. The van der Waals surface area contributed by atoms with Crippen molar-refractivity contribution in [2.45, 2.75) is 12.5 Å². The number of esters is 1. The van der Waals surface area contributed by atoms with Crippen molar-refractivity contribution in [2.24, 2.45) is 11.5 Å². The number of carboxylic acid groups (broad SMARTS) is 1. The van der Waals surface area contributed by atoms with E-state index >= 15 is 0 Å². The number of hydrogen-bond donors (Lipinski definition) is 3. The fourth-order valence-electron chi connectivity index (χ4n) is 0.446. The number of ether oxygens (including phenoxy) is 1. The van der Waals surface area contributed by atoms with Crippen LogP contribution in [-0.4, -0.2) is 29.2 Å². The molecule has 0 aliphatic carbocycles. The van der Waals surface area contributed by atoms with Gasteiger partial charge in [-0.25, -0.2) is 9.59 Å². The molecule has 1 atom stereocenters. The first-order chi connectivity index (χ1) is 5.43. The number of primary amides is 1. The van der Waals surface area contributed by atoms with E-state index in [1.807, 2.05) is 0 Å². The van der Waals surface area contributed by atoms with Gasteiger partial charge < -0.3 is 21.3 Å². The lowest BCUT2D eigenvalue weighted by molar-refractivity contribution is -0.145. The molecule has 5 N–H and O–H groups in total. The second-order valence-corrected chi connectivity index (χ2v) is 1.94. The van der Waals surface area contributed by atoms with Gasteiger partial charge >= 0.3 is 18.0 Å². The minimum atomic E-state index is -1.37. The van der Waals surface area contributed by atoms with Crippen molar-refractivity contribution in [1.29, 1.82) is 0 Å². The summed E-state index contributed by atoms with van der Waals surface area (Å²) in [5.41, 5.74) is 9.48. The van der Waals surface area contributed by atoms with E-state index in [1.54, 1.807) is 0 Å². The Kier molecular flexibility index (Phi) is 3.71. The molecule has 0 heterocycles. The summed E-state index contributed by atoms with van der Waals surface area (Å²) in [6.07, 6.45) is -1.91. The number of aliphatic carboxylic acids is 1. The van der Waals surface area contributed by atoms with Gasteiger partial charge in [-0.3, -0.25) is 4.79 Å². The molecule has 0 fully saturated rings. The SMILES string of the molecule is NC(=O)OC(=O)[C@@H](N)CC(=O)O. The van der Waals surface area contributed by atoms with Crippen LogP contribution in [0.1, 0.15) is 6.42 Å². The van der Waals surface area contributed by atoms with Crippen LogP contribution < -0.4 is 11.5 Å². The predicted molar refractivity (Wildman–Crippen MR) is 35.9 cm³/mol. The van der Waals surface area contributed by atoms with Crippen molar-refractivity contribution in [3.05, 3.63) is 0 Å². The van der Waals surface area contributed by atoms with Gasteiger partial charge in [0.15, 0.2) is 0 Å². The highest BCUT2D eigenvalue weighted by Gasteiger charge is 2.19. The molecule has 0 bridgehead atoms. The molecule has 0 aromatic rings. The Bertz CT molecular complexity index is 214. The molecular weight excluding hydrogens is 168 g/mol. The molecule has 0 unspecified atom stereocenters. The van der Waals surface area contributed by atoms with E-state index in [-0.39, 0.29) is 0 Å². The van der Waals surface area contributed by atoms with Gasteiger partial charge in [0.25, 0.3) is 0 Å². The number of rotatable bonds is 3. The molecule has 12 heavy (non-hydrogen) atoms. The molecule has 1 amide bonds. The summed E-state index contributed by atoms with van der Waals surface area (Å²) in [7, 11) is 0. The first-order valence-corrected chi connectivity index (χ1v) is 2.92. The molecule has 0 rings (SSSR count). The van der Waals surface area contributed by atoms with Crippen molar-refractivity contribution >= 4 is 18.0 Å². The minimum absolute atomic E-state index is 0.605. The molecule has 0 aromatic heterocycles. The van der Waals surface area contributed by atoms with Gasteiger partial charge in [0.1, 0.15) is 6.04 Å². The van der Waals surface area contributed by atoms with E-state index in [0.29, 0.717) is 0 Å². The third-order valence-electron chi connectivity index (χ3n) is 0.898. The number of carbonyl (C=O) groups is 3. The van der Waals surface area contributed by atoms with Crippen LogP contribution in [0.25, 0.3) is 0 Å². The van der Waals surface area contributed by atoms with Crippen LogP contribution in [0.2, 0.25) is 0 Å². The van der Waals surface area contributed by atoms with Crippen molar-refractivity contribution in [2.75, 3.05) is 0 Å². The maximum absolute atomic E-state index is 10.6. The lowest BCUT2D eigenvalue weighted by atomic mass is 10.2. The first-order valence-electron chi connectivity index (χ1n) is 2.92. The average molecular weight is 176 g/mol. The molecule has 0 saturated carbocycles. The van der Waals surface area contributed by atoms with Crippen molar-refractivity contribution in [3.63, 3.8) is 0 Å². The van der Waals surface area contributed by atoms with Crippen LogP contribution in [0.4, 0.5) is 4.79 Å². The number of carbonyl (C=O) groups excluding carboxylic acids is 2. The van der Waals surface area contributed by atoms with E-state index in [9.17, 15) is 14.4 Å². The smallest absolute Gasteiger partial charge is 0.412 e. The predicted octanol–water partition coefficient (Wildman–Crippen LogP) is -1.59.